The maximum absolute atomic E-state index is 12.4. The van der Waals surface area contributed by atoms with E-state index in [1.165, 1.54) is 0 Å². The van der Waals surface area contributed by atoms with Gasteiger partial charge in [-0.05, 0) is 39.5 Å². The number of likely N-dealkylation sites (tertiary alicyclic amines) is 2. The molecule has 2 rings (SSSR count). The average molecular weight is 373 g/mol. The molecule has 0 radical (unpaired) electrons. The number of amides is 2. The molecule has 0 aromatic heterocycles. The first-order valence-electron chi connectivity index (χ1n) is 9.27. The number of hydrogen-bond donors (Lipinski definition) is 0. The Bertz CT molecular complexity index is 407. The van der Waals surface area contributed by atoms with E-state index in [0.717, 1.165) is 50.3 Å². The zero-order chi connectivity index (χ0) is 17.7. The van der Waals surface area contributed by atoms with Crippen molar-refractivity contribution in [2.75, 3.05) is 24.6 Å². The fraction of sp³-hybridized carbons (Fsp3) is 0.889. The third-order valence-electron chi connectivity index (χ3n) is 5.23. The Kier molecular flexibility index (Phi) is 7.79. The highest BCUT2D eigenvalue weighted by atomic mass is 33.1. The number of carbonyl (C=O) groups is 2. The van der Waals surface area contributed by atoms with Crippen LogP contribution in [0.3, 0.4) is 0 Å². The third kappa shape index (κ3) is 5.07. The van der Waals surface area contributed by atoms with Crippen molar-refractivity contribution in [2.24, 2.45) is 11.8 Å². The molecule has 0 aliphatic carbocycles. The highest BCUT2D eigenvalue weighted by Gasteiger charge is 2.30. The molecule has 6 heteroatoms. The van der Waals surface area contributed by atoms with Crippen LogP contribution >= 0.6 is 21.6 Å². The molecular weight excluding hydrogens is 340 g/mol. The SMILES string of the molecule is CC1CCCN1C(=O)[C@H](C)CSSC[C@@H](C)C(=O)N1CCC[C@H]1C. The zero-order valence-corrected chi connectivity index (χ0v) is 17.1. The van der Waals surface area contributed by atoms with Crippen LogP contribution in [0, 0.1) is 11.8 Å². The van der Waals surface area contributed by atoms with Crippen LogP contribution in [0.1, 0.15) is 53.4 Å². The van der Waals surface area contributed by atoms with Crippen molar-refractivity contribution in [3.05, 3.63) is 0 Å². The summed E-state index contributed by atoms with van der Waals surface area (Å²) in [5.41, 5.74) is 0. The average Bonchev–Trinajstić information content (AvgIpc) is 3.17. The Morgan fingerprint density at radius 2 is 1.25 bits per heavy atom. The molecule has 0 bridgehead atoms. The number of nitrogens with zero attached hydrogens (tertiary/aromatic N) is 2. The summed E-state index contributed by atoms with van der Waals surface area (Å²) < 4.78 is 0. The maximum Gasteiger partial charge on any atom is 0.226 e. The van der Waals surface area contributed by atoms with Gasteiger partial charge in [0.15, 0.2) is 0 Å². The van der Waals surface area contributed by atoms with E-state index in [0.29, 0.717) is 23.9 Å². The first-order chi connectivity index (χ1) is 11.4. The van der Waals surface area contributed by atoms with Crippen LogP contribution in [0.25, 0.3) is 0 Å². The smallest absolute Gasteiger partial charge is 0.226 e. The highest BCUT2D eigenvalue weighted by Crippen LogP contribution is 2.29. The molecule has 1 unspecified atom stereocenters. The molecule has 0 spiro atoms. The topological polar surface area (TPSA) is 40.6 Å². The van der Waals surface area contributed by atoms with Crippen LogP contribution in [0.15, 0.2) is 0 Å². The second kappa shape index (κ2) is 9.37. The molecule has 4 atom stereocenters. The Hall–Kier alpha value is -0.360. The lowest BCUT2D eigenvalue weighted by Crippen LogP contribution is -2.38. The van der Waals surface area contributed by atoms with Gasteiger partial charge in [-0.2, -0.15) is 0 Å². The Morgan fingerprint density at radius 1 is 0.875 bits per heavy atom. The maximum atomic E-state index is 12.4. The fourth-order valence-electron chi connectivity index (χ4n) is 3.53. The van der Waals surface area contributed by atoms with E-state index in [9.17, 15) is 9.59 Å². The van der Waals surface area contributed by atoms with Crippen molar-refractivity contribution in [1.82, 2.24) is 9.80 Å². The van der Waals surface area contributed by atoms with Crippen molar-refractivity contribution in [1.29, 1.82) is 0 Å². The fourth-order valence-corrected chi connectivity index (χ4v) is 6.22. The first-order valence-corrected chi connectivity index (χ1v) is 11.8. The monoisotopic (exact) mass is 372 g/mol. The van der Waals surface area contributed by atoms with Crippen LogP contribution in [-0.4, -0.2) is 58.3 Å². The molecule has 2 heterocycles. The van der Waals surface area contributed by atoms with Gasteiger partial charge in [-0.15, -0.1) is 0 Å². The molecule has 0 saturated carbocycles. The second-order valence-electron chi connectivity index (χ2n) is 7.42. The normalized spacial score (nSPS) is 26.7. The van der Waals surface area contributed by atoms with Crippen LogP contribution in [-0.2, 0) is 9.59 Å². The number of hydrogen-bond acceptors (Lipinski definition) is 4. The van der Waals surface area contributed by atoms with Gasteiger partial charge in [0.1, 0.15) is 0 Å². The standard InChI is InChI=1S/C18H32N2O2S2/c1-13(17(21)19-9-5-7-15(19)3)11-23-24-12-14(2)18(22)20-10-6-8-16(20)4/h13-16H,5-12H2,1-4H3/t13-,14-,15-,16?/m1/s1. The zero-order valence-electron chi connectivity index (χ0n) is 15.5. The van der Waals surface area contributed by atoms with Crippen LogP contribution in [0.4, 0.5) is 0 Å². The van der Waals surface area contributed by atoms with Gasteiger partial charge in [0.05, 0.1) is 0 Å². The number of carbonyl (C=O) groups excluding carboxylic acids is 2. The van der Waals surface area contributed by atoms with Crippen molar-refractivity contribution in [3.63, 3.8) is 0 Å². The Labute approximate surface area is 154 Å². The van der Waals surface area contributed by atoms with E-state index in [2.05, 4.69) is 13.8 Å². The predicted octanol–water partition coefficient (Wildman–Crippen LogP) is 3.66. The molecule has 0 N–H and O–H groups in total. The van der Waals surface area contributed by atoms with Crippen molar-refractivity contribution in [2.45, 2.75) is 65.5 Å². The van der Waals surface area contributed by atoms with E-state index < -0.39 is 0 Å². The van der Waals surface area contributed by atoms with Gasteiger partial charge < -0.3 is 9.80 Å². The lowest BCUT2D eigenvalue weighted by atomic mass is 10.1. The molecule has 2 saturated heterocycles. The molecular formula is C18H32N2O2S2. The molecule has 24 heavy (non-hydrogen) atoms. The van der Waals surface area contributed by atoms with E-state index in [1.807, 2.05) is 23.6 Å². The van der Waals surface area contributed by atoms with Gasteiger partial charge in [0.25, 0.3) is 0 Å². The van der Waals surface area contributed by atoms with Gasteiger partial charge in [0, 0.05) is 48.5 Å². The van der Waals surface area contributed by atoms with Crippen LogP contribution < -0.4 is 0 Å². The Balaban J connectivity index is 1.65. The van der Waals surface area contributed by atoms with E-state index in [4.69, 9.17) is 0 Å². The van der Waals surface area contributed by atoms with Crippen molar-refractivity contribution in [3.8, 4) is 0 Å². The van der Waals surface area contributed by atoms with Crippen LogP contribution in [0.2, 0.25) is 0 Å². The first kappa shape index (κ1) is 20.0. The van der Waals surface area contributed by atoms with Gasteiger partial charge in [0.2, 0.25) is 11.8 Å². The third-order valence-corrected chi connectivity index (χ3v) is 7.99. The summed E-state index contributed by atoms with van der Waals surface area (Å²) in [6.07, 6.45) is 4.54. The molecule has 0 aromatic carbocycles. The molecule has 2 amide bonds. The van der Waals surface area contributed by atoms with Crippen LogP contribution in [0.5, 0.6) is 0 Å². The summed E-state index contributed by atoms with van der Waals surface area (Å²) in [4.78, 5) is 29.0. The summed E-state index contributed by atoms with van der Waals surface area (Å²) in [5.74, 6) is 2.37. The largest absolute Gasteiger partial charge is 0.340 e. The van der Waals surface area contributed by atoms with E-state index >= 15 is 0 Å². The summed E-state index contributed by atoms with van der Waals surface area (Å²) >= 11 is 0. The minimum absolute atomic E-state index is 0.0626. The van der Waals surface area contributed by atoms with Crippen molar-refractivity contribution < 1.29 is 9.59 Å². The van der Waals surface area contributed by atoms with E-state index in [-0.39, 0.29) is 11.8 Å². The second-order valence-corrected chi connectivity index (χ2v) is 9.97. The Morgan fingerprint density at radius 3 is 1.54 bits per heavy atom. The van der Waals surface area contributed by atoms with Gasteiger partial charge in [-0.25, -0.2) is 0 Å². The highest BCUT2D eigenvalue weighted by molar-refractivity contribution is 8.76. The summed E-state index contributed by atoms with van der Waals surface area (Å²) in [6.45, 7) is 10.2. The minimum Gasteiger partial charge on any atom is -0.340 e. The molecule has 2 aliphatic heterocycles. The minimum atomic E-state index is 0.0626. The van der Waals surface area contributed by atoms with E-state index in [1.54, 1.807) is 21.6 Å². The van der Waals surface area contributed by atoms with Gasteiger partial charge in [-0.1, -0.05) is 35.4 Å². The lowest BCUT2D eigenvalue weighted by Gasteiger charge is -2.25. The summed E-state index contributed by atoms with van der Waals surface area (Å²) in [7, 11) is 3.47. The molecule has 138 valence electrons. The lowest BCUT2D eigenvalue weighted by molar-refractivity contribution is -0.135. The molecule has 0 aromatic rings. The molecule has 2 aliphatic rings. The summed E-state index contributed by atoms with van der Waals surface area (Å²) in [5, 5.41) is 0. The number of rotatable bonds is 7. The quantitative estimate of drug-likeness (QED) is 0.505. The molecule has 4 nitrogen and oxygen atoms in total. The van der Waals surface area contributed by atoms with Gasteiger partial charge >= 0.3 is 0 Å². The van der Waals surface area contributed by atoms with Crippen molar-refractivity contribution >= 4 is 33.4 Å². The molecule has 2 fully saturated rings. The van der Waals surface area contributed by atoms with Gasteiger partial charge in [-0.3, -0.25) is 9.59 Å². The predicted molar refractivity (Wildman–Crippen MR) is 104 cm³/mol. The summed E-state index contributed by atoms with van der Waals surface area (Å²) in [6, 6.07) is 0.801.